The van der Waals surface area contributed by atoms with Gasteiger partial charge in [0.1, 0.15) is 0 Å². The molecular formula is C8H17N7. The zero-order valence-electron chi connectivity index (χ0n) is 8.82. The van der Waals surface area contributed by atoms with Crippen molar-refractivity contribution in [3.05, 3.63) is 0 Å². The SMILES string of the molecule is CCN=C=NCCCN(C(=N)N)C(=N)N. The monoisotopic (exact) mass is 211 g/mol. The third-order valence-corrected chi connectivity index (χ3v) is 1.53. The maximum atomic E-state index is 7.15. The van der Waals surface area contributed by atoms with Crippen molar-refractivity contribution in [2.24, 2.45) is 21.5 Å². The molecule has 0 bridgehead atoms. The van der Waals surface area contributed by atoms with Gasteiger partial charge in [0, 0.05) is 13.1 Å². The Morgan fingerprint density at radius 2 is 1.87 bits per heavy atom. The number of hydrogen-bond acceptors (Lipinski definition) is 4. The van der Waals surface area contributed by atoms with Gasteiger partial charge in [0.05, 0.1) is 12.6 Å². The standard InChI is InChI=1S/C8H17N7/c1-2-13-6-14-4-3-5-15(7(9)10)8(11)12/h2-5H2,1H3,(H3,9,10)(H3,11,12). The van der Waals surface area contributed by atoms with Crippen LogP contribution in [0.1, 0.15) is 13.3 Å². The molecule has 0 saturated heterocycles. The summed E-state index contributed by atoms with van der Waals surface area (Å²) >= 11 is 0. The third-order valence-electron chi connectivity index (χ3n) is 1.53. The summed E-state index contributed by atoms with van der Waals surface area (Å²) in [5, 5.41) is 14.3. The lowest BCUT2D eigenvalue weighted by atomic mass is 10.4. The van der Waals surface area contributed by atoms with Gasteiger partial charge < -0.3 is 11.5 Å². The van der Waals surface area contributed by atoms with Crippen molar-refractivity contribution < 1.29 is 0 Å². The van der Waals surface area contributed by atoms with Crippen LogP contribution in [0.5, 0.6) is 0 Å². The van der Waals surface area contributed by atoms with Gasteiger partial charge in [-0.1, -0.05) is 0 Å². The van der Waals surface area contributed by atoms with Crippen molar-refractivity contribution in [3.63, 3.8) is 0 Å². The molecular weight excluding hydrogens is 194 g/mol. The molecule has 84 valence electrons. The molecule has 15 heavy (non-hydrogen) atoms. The fraction of sp³-hybridized carbons (Fsp3) is 0.625. The van der Waals surface area contributed by atoms with Crippen molar-refractivity contribution in [2.75, 3.05) is 19.6 Å². The Labute approximate surface area is 88.9 Å². The van der Waals surface area contributed by atoms with Crippen LogP contribution in [0.2, 0.25) is 0 Å². The minimum atomic E-state index is -0.228. The number of nitrogens with one attached hydrogen (secondary N) is 2. The van der Waals surface area contributed by atoms with E-state index in [1.165, 1.54) is 4.90 Å². The van der Waals surface area contributed by atoms with Gasteiger partial charge in [-0.2, -0.15) is 0 Å². The predicted molar refractivity (Wildman–Crippen MR) is 60.4 cm³/mol. The molecule has 0 atom stereocenters. The summed E-state index contributed by atoms with van der Waals surface area (Å²) in [6.45, 7) is 3.49. The highest BCUT2D eigenvalue weighted by molar-refractivity contribution is 5.94. The highest BCUT2D eigenvalue weighted by atomic mass is 15.3. The Hall–Kier alpha value is -1.88. The average molecular weight is 211 g/mol. The lowest BCUT2D eigenvalue weighted by molar-refractivity contribution is 0.562. The van der Waals surface area contributed by atoms with E-state index < -0.39 is 0 Å². The van der Waals surface area contributed by atoms with E-state index in [1.807, 2.05) is 6.92 Å². The third kappa shape index (κ3) is 6.23. The number of aliphatic imine (C=N–C) groups is 2. The van der Waals surface area contributed by atoms with Gasteiger partial charge in [0.25, 0.3) is 0 Å². The van der Waals surface area contributed by atoms with Crippen LogP contribution in [-0.4, -0.2) is 42.5 Å². The van der Waals surface area contributed by atoms with Gasteiger partial charge in [-0.25, -0.2) is 9.98 Å². The molecule has 0 aromatic carbocycles. The summed E-state index contributed by atoms with van der Waals surface area (Å²) in [5.41, 5.74) is 10.4. The van der Waals surface area contributed by atoms with Crippen LogP contribution in [0.25, 0.3) is 0 Å². The Kier molecular flexibility index (Phi) is 6.57. The van der Waals surface area contributed by atoms with Crippen LogP contribution in [0.3, 0.4) is 0 Å². The van der Waals surface area contributed by atoms with Crippen molar-refractivity contribution in [2.45, 2.75) is 13.3 Å². The quantitative estimate of drug-likeness (QED) is 0.282. The summed E-state index contributed by atoms with van der Waals surface area (Å²) in [6.07, 6.45) is 0.644. The first-order valence-corrected chi connectivity index (χ1v) is 4.63. The Morgan fingerprint density at radius 3 is 2.33 bits per heavy atom. The second-order valence-corrected chi connectivity index (χ2v) is 2.73. The number of nitrogens with two attached hydrogens (primary N) is 2. The Bertz CT molecular complexity index is 263. The first-order valence-electron chi connectivity index (χ1n) is 4.63. The number of nitrogens with zero attached hydrogens (tertiary/aromatic N) is 3. The second-order valence-electron chi connectivity index (χ2n) is 2.73. The van der Waals surface area contributed by atoms with Gasteiger partial charge in [-0.05, 0) is 13.3 Å². The maximum absolute atomic E-state index is 7.15. The normalized spacial score (nSPS) is 8.87. The molecule has 0 rings (SSSR count). The van der Waals surface area contributed by atoms with E-state index >= 15 is 0 Å². The molecule has 0 amide bonds. The van der Waals surface area contributed by atoms with Crippen molar-refractivity contribution in [3.8, 4) is 0 Å². The van der Waals surface area contributed by atoms with E-state index in [0.717, 1.165) is 0 Å². The molecule has 0 fully saturated rings. The predicted octanol–water partition coefficient (Wildman–Crippen LogP) is -0.341. The summed E-state index contributed by atoms with van der Waals surface area (Å²) in [4.78, 5) is 8.88. The summed E-state index contributed by atoms with van der Waals surface area (Å²) in [5.74, 6) is -0.456. The summed E-state index contributed by atoms with van der Waals surface area (Å²) in [6, 6.07) is 2.53. The summed E-state index contributed by atoms with van der Waals surface area (Å²) in [7, 11) is 0. The van der Waals surface area contributed by atoms with Crippen LogP contribution >= 0.6 is 0 Å². The van der Waals surface area contributed by atoms with E-state index in [1.54, 1.807) is 0 Å². The van der Waals surface area contributed by atoms with E-state index in [-0.39, 0.29) is 11.9 Å². The fourth-order valence-electron chi connectivity index (χ4n) is 0.849. The van der Waals surface area contributed by atoms with Crippen LogP contribution in [0.4, 0.5) is 0 Å². The number of rotatable bonds is 5. The molecule has 7 nitrogen and oxygen atoms in total. The van der Waals surface area contributed by atoms with Gasteiger partial charge in [-0.15, -0.1) is 0 Å². The lowest BCUT2D eigenvalue weighted by Crippen LogP contribution is -2.45. The smallest absolute Gasteiger partial charge is 0.195 e. The first-order chi connectivity index (χ1) is 7.09. The molecule has 0 radical (unpaired) electrons. The van der Waals surface area contributed by atoms with Gasteiger partial charge in [-0.3, -0.25) is 15.7 Å². The molecule has 0 aliphatic carbocycles. The molecule has 0 spiro atoms. The average Bonchev–Trinajstić information content (AvgIpc) is 2.15. The Balaban J connectivity index is 3.87. The molecule has 7 heteroatoms. The van der Waals surface area contributed by atoms with E-state index in [0.29, 0.717) is 26.1 Å². The summed E-state index contributed by atoms with van der Waals surface area (Å²) < 4.78 is 0. The highest BCUT2D eigenvalue weighted by Crippen LogP contribution is 1.89. The molecule has 0 aliphatic rings. The van der Waals surface area contributed by atoms with Crippen LogP contribution in [0.15, 0.2) is 9.98 Å². The molecule has 0 heterocycles. The van der Waals surface area contributed by atoms with Crippen molar-refractivity contribution in [1.82, 2.24) is 4.90 Å². The zero-order chi connectivity index (χ0) is 11.7. The van der Waals surface area contributed by atoms with E-state index in [9.17, 15) is 0 Å². The first kappa shape index (κ1) is 13.1. The molecule has 0 unspecified atom stereocenters. The van der Waals surface area contributed by atoms with Gasteiger partial charge in [0.15, 0.2) is 11.9 Å². The molecule has 0 aliphatic heterocycles. The van der Waals surface area contributed by atoms with Crippen LogP contribution < -0.4 is 11.5 Å². The van der Waals surface area contributed by atoms with Crippen molar-refractivity contribution >= 4 is 17.9 Å². The minimum Gasteiger partial charge on any atom is -0.370 e. The van der Waals surface area contributed by atoms with Gasteiger partial charge >= 0.3 is 0 Å². The second kappa shape index (κ2) is 7.52. The largest absolute Gasteiger partial charge is 0.370 e. The minimum absolute atomic E-state index is 0.228. The molecule has 6 N–H and O–H groups in total. The number of hydrogen-bond donors (Lipinski definition) is 4. The topological polar surface area (TPSA) is 128 Å². The van der Waals surface area contributed by atoms with Crippen molar-refractivity contribution in [1.29, 1.82) is 10.8 Å². The fourth-order valence-corrected chi connectivity index (χ4v) is 0.849. The van der Waals surface area contributed by atoms with Crippen LogP contribution in [-0.2, 0) is 0 Å². The zero-order valence-corrected chi connectivity index (χ0v) is 8.82. The van der Waals surface area contributed by atoms with Crippen LogP contribution in [0, 0.1) is 10.8 Å². The molecule has 0 aromatic heterocycles. The molecule has 0 aromatic rings. The van der Waals surface area contributed by atoms with Gasteiger partial charge in [0.2, 0.25) is 0 Å². The Morgan fingerprint density at radius 1 is 1.27 bits per heavy atom. The van der Waals surface area contributed by atoms with E-state index in [2.05, 4.69) is 16.0 Å². The lowest BCUT2D eigenvalue weighted by Gasteiger charge is -2.19. The van der Waals surface area contributed by atoms with E-state index in [4.69, 9.17) is 22.3 Å². The number of guanidine groups is 2. The maximum Gasteiger partial charge on any atom is 0.195 e. The molecule has 0 saturated carbocycles. The highest BCUT2D eigenvalue weighted by Gasteiger charge is 2.07.